The Labute approximate surface area is 102 Å². The summed E-state index contributed by atoms with van der Waals surface area (Å²) in [5.41, 5.74) is 2.86. The van der Waals surface area contributed by atoms with E-state index in [9.17, 15) is 9.59 Å². The van der Waals surface area contributed by atoms with Crippen LogP contribution >= 0.6 is 0 Å². The van der Waals surface area contributed by atoms with Gasteiger partial charge in [-0.05, 0) is 24.7 Å². The normalized spacial score (nSPS) is 21.1. The highest BCUT2D eigenvalue weighted by molar-refractivity contribution is 5.76. The van der Waals surface area contributed by atoms with Crippen molar-refractivity contribution < 1.29 is 14.3 Å². The third-order valence-electron chi connectivity index (χ3n) is 3.19. The van der Waals surface area contributed by atoms with E-state index in [1.54, 1.807) is 0 Å². The number of carbonyl (C=O) groups excluding carboxylic acids is 2. The van der Waals surface area contributed by atoms with E-state index in [1.807, 2.05) is 0 Å². The first-order valence-corrected chi connectivity index (χ1v) is 6.13. The van der Waals surface area contributed by atoms with Crippen molar-refractivity contribution in [2.45, 2.75) is 46.1 Å². The molecule has 0 aromatic rings. The minimum Gasteiger partial charge on any atom is -0.464 e. The first kappa shape index (κ1) is 14.0. The number of hydrogen-bond donors (Lipinski definition) is 1. The highest BCUT2D eigenvalue weighted by atomic mass is 16.5. The average Bonchev–Trinajstić information content (AvgIpc) is 2.36. The quantitative estimate of drug-likeness (QED) is 0.579. The zero-order valence-electron chi connectivity index (χ0n) is 10.9. The van der Waals surface area contributed by atoms with Crippen molar-refractivity contribution in [1.82, 2.24) is 10.4 Å². The van der Waals surface area contributed by atoms with Gasteiger partial charge < -0.3 is 4.74 Å². The third-order valence-corrected chi connectivity index (χ3v) is 3.19. The number of hydrazine groups is 1. The standard InChI is InChI=1S/C12H22N2O3/c1-4-12(2,3)8-17-11(16)10-6-5-7-14(9-15)13-10/h9-10,13H,4-8H2,1-3H3/t10-/m0/s1. The molecular weight excluding hydrogens is 220 g/mol. The van der Waals surface area contributed by atoms with Gasteiger partial charge in [-0.25, -0.2) is 5.43 Å². The maximum absolute atomic E-state index is 11.8. The molecule has 1 aliphatic rings. The van der Waals surface area contributed by atoms with Crippen LogP contribution in [0, 0.1) is 5.41 Å². The first-order chi connectivity index (χ1) is 7.98. The van der Waals surface area contributed by atoms with Crippen LogP contribution in [0.2, 0.25) is 0 Å². The molecule has 0 spiro atoms. The van der Waals surface area contributed by atoms with Crippen molar-refractivity contribution in [3.8, 4) is 0 Å². The second kappa shape index (κ2) is 6.00. The molecule has 5 nitrogen and oxygen atoms in total. The minimum absolute atomic E-state index is 0.00860. The Morgan fingerprint density at radius 1 is 1.59 bits per heavy atom. The Hall–Kier alpha value is -1.10. The Bertz CT molecular complexity index is 279. The average molecular weight is 242 g/mol. The summed E-state index contributed by atoms with van der Waals surface area (Å²) in [6.45, 7) is 7.26. The van der Waals surface area contributed by atoms with Gasteiger partial charge in [0.25, 0.3) is 0 Å². The molecule has 1 aliphatic heterocycles. The molecule has 1 fully saturated rings. The number of ether oxygens (including phenoxy) is 1. The van der Waals surface area contributed by atoms with Gasteiger partial charge in [0.05, 0.1) is 6.61 Å². The van der Waals surface area contributed by atoms with Gasteiger partial charge in [-0.1, -0.05) is 20.8 Å². The summed E-state index contributed by atoms with van der Waals surface area (Å²) in [6.07, 6.45) is 3.20. The van der Waals surface area contributed by atoms with Crippen LogP contribution in [0.15, 0.2) is 0 Å². The number of carbonyl (C=O) groups is 2. The fourth-order valence-corrected chi connectivity index (χ4v) is 1.52. The molecule has 0 aromatic carbocycles. The van der Waals surface area contributed by atoms with E-state index < -0.39 is 0 Å². The van der Waals surface area contributed by atoms with E-state index in [4.69, 9.17) is 4.74 Å². The molecule has 1 N–H and O–H groups in total. The second-order valence-corrected chi connectivity index (χ2v) is 5.25. The smallest absolute Gasteiger partial charge is 0.324 e. The lowest BCUT2D eigenvalue weighted by molar-refractivity contribution is -0.153. The molecule has 1 atom stereocenters. The molecule has 0 aromatic heterocycles. The van der Waals surface area contributed by atoms with Crippen LogP contribution in [0.5, 0.6) is 0 Å². The Balaban J connectivity index is 2.39. The SMILES string of the molecule is CCC(C)(C)COC(=O)[C@@H]1CCCN(C=O)N1. The molecule has 0 aliphatic carbocycles. The van der Waals surface area contributed by atoms with Gasteiger partial charge in [-0.3, -0.25) is 14.6 Å². The summed E-state index contributed by atoms with van der Waals surface area (Å²) >= 11 is 0. The van der Waals surface area contributed by atoms with Gasteiger partial charge in [-0.15, -0.1) is 0 Å². The molecule has 5 heteroatoms. The number of esters is 1. The number of rotatable bonds is 5. The van der Waals surface area contributed by atoms with Crippen LogP contribution in [-0.2, 0) is 14.3 Å². The third kappa shape index (κ3) is 4.34. The van der Waals surface area contributed by atoms with Crippen molar-refractivity contribution in [1.29, 1.82) is 0 Å². The molecular formula is C12H22N2O3. The van der Waals surface area contributed by atoms with E-state index >= 15 is 0 Å². The van der Waals surface area contributed by atoms with Crippen LogP contribution in [0.25, 0.3) is 0 Å². The summed E-state index contributed by atoms with van der Waals surface area (Å²) in [5, 5.41) is 1.40. The van der Waals surface area contributed by atoms with Gasteiger partial charge in [0.15, 0.2) is 0 Å². The number of amides is 1. The Kier molecular flexibility index (Phi) is 4.93. The monoisotopic (exact) mass is 242 g/mol. The predicted molar refractivity (Wildman–Crippen MR) is 64.0 cm³/mol. The lowest BCUT2D eigenvalue weighted by Gasteiger charge is -2.30. The summed E-state index contributed by atoms with van der Waals surface area (Å²) < 4.78 is 5.29. The molecule has 0 bridgehead atoms. The lowest BCUT2D eigenvalue weighted by atomic mass is 9.92. The maximum atomic E-state index is 11.8. The number of nitrogens with one attached hydrogen (secondary N) is 1. The van der Waals surface area contributed by atoms with Crippen LogP contribution in [0.1, 0.15) is 40.0 Å². The van der Waals surface area contributed by atoms with Gasteiger partial charge in [0.1, 0.15) is 6.04 Å². The van der Waals surface area contributed by atoms with Crippen LogP contribution in [-0.4, -0.2) is 36.6 Å². The number of hydrogen-bond acceptors (Lipinski definition) is 4. The van der Waals surface area contributed by atoms with Crippen molar-refractivity contribution in [2.75, 3.05) is 13.2 Å². The molecule has 1 heterocycles. The maximum Gasteiger partial charge on any atom is 0.324 e. The topological polar surface area (TPSA) is 58.6 Å². The fraction of sp³-hybridized carbons (Fsp3) is 0.833. The summed E-state index contributed by atoms with van der Waals surface area (Å²) in [6, 6.07) is -0.387. The molecule has 0 radical (unpaired) electrons. The molecule has 1 rings (SSSR count). The van der Waals surface area contributed by atoms with Gasteiger partial charge in [0.2, 0.25) is 6.41 Å². The molecule has 98 valence electrons. The van der Waals surface area contributed by atoms with Crippen LogP contribution in [0.4, 0.5) is 0 Å². The summed E-state index contributed by atoms with van der Waals surface area (Å²) in [4.78, 5) is 22.4. The van der Waals surface area contributed by atoms with Crippen molar-refractivity contribution in [3.05, 3.63) is 0 Å². The highest BCUT2D eigenvalue weighted by Crippen LogP contribution is 2.20. The van der Waals surface area contributed by atoms with E-state index in [-0.39, 0.29) is 17.4 Å². The summed E-state index contributed by atoms with van der Waals surface area (Å²) in [5.74, 6) is -0.266. The molecule has 1 amide bonds. The van der Waals surface area contributed by atoms with Crippen molar-refractivity contribution in [2.24, 2.45) is 5.41 Å². The van der Waals surface area contributed by atoms with Crippen LogP contribution < -0.4 is 5.43 Å². The zero-order valence-corrected chi connectivity index (χ0v) is 10.9. The lowest BCUT2D eigenvalue weighted by Crippen LogP contribution is -2.52. The Morgan fingerprint density at radius 2 is 2.29 bits per heavy atom. The highest BCUT2D eigenvalue weighted by Gasteiger charge is 2.27. The van der Waals surface area contributed by atoms with Crippen LogP contribution in [0.3, 0.4) is 0 Å². The predicted octanol–water partition coefficient (Wildman–Crippen LogP) is 1.09. The van der Waals surface area contributed by atoms with E-state index in [0.29, 0.717) is 19.6 Å². The zero-order chi connectivity index (χ0) is 12.9. The van der Waals surface area contributed by atoms with E-state index in [2.05, 4.69) is 26.2 Å². The van der Waals surface area contributed by atoms with Crippen molar-refractivity contribution >= 4 is 12.4 Å². The molecule has 0 unspecified atom stereocenters. The molecule has 1 saturated heterocycles. The Morgan fingerprint density at radius 3 is 2.88 bits per heavy atom. The fourth-order valence-electron chi connectivity index (χ4n) is 1.52. The van der Waals surface area contributed by atoms with E-state index in [1.165, 1.54) is 5.01 Å². The number of nitrogens with zero attached hydrogens (tertiary/aromatic N) is 1. The largest absolute Gasteiger partial charge is 0.464 e. The second-order valence-electron chi connectivity index (χ2n) is 5.25. The summed E-state index contributed by atoms with van der Waals surface area (Å²) in [7, 11) is 0. The molecule has 0 saturated carbocycles. The minimum atomic E-state index is -0.387. The van der Waals surface area contributed by atoms with Gasteiger partial charge >= 0.3 is 5.97 Å². The molecule has 17 heavy (non-hydrogen) atoms. The van der Waals surface area contributed by atoms with Gasteiger partial charge in [-0.2, -0.15) is 0 Å². The van der Waals surface area contributed by atoms with E-state index in [0.717, 1.165) is 19.3 Å². The first-order valence-electron chi connectivity index (χ1n) is 6.13. The van der Waals surface area contributed by atoms with Crippen molar-refractivity contribution in [3.63, 3.8) is 0 Å². The van der Waals surface area contributed by atoms with Gasteiger partial charge in [0, 0.05) is 6.54 Å².